The van der Waals surface area contributed by atoms with Crippen LogP contribution in [-0.2, 0) is 0 Å². The van der Waals surface area contributed by atoms with Crippen LogP contribution >= 0.6 is 45.2 Å². The van der Waals surface area contributed by atoms with Crippen molar-refractivity contribution in [1.29, 1.82) is 0 Å². The van der Waals surface area contributed by atoms with Crippen LogP contribution in [0.5, 0.6) is 0 Å². The van der Waals surface area contributed by atoms with E-state index in [0.717, 1.165) is 9.61 Å². The van der Waals surface area contributed by atoms with Crippen molar-refractivity contribution in [3.8, 4) is 0 Å². The number of halogens is 2. The average molecular weight is 428 g/mol. The third-order valence-corrected chi connectivity index (χ3v) is 3.10. The van der Waals surface area contributed by atoms with Gasteiger partial charge in [-0.2, -0.15) is 10.2 Å². The predicted molar refractivity (Wildman–Crippen MR) is 74.5 cm³/mol. The van der Waals surface area contributed by atoms with Gasteiger partial charge in [-0.15, -0.1) is 0 Å². The van der Waals surface area contributed by atoms with E-state index in [4.69, 9.17) is 0 Å². The maximum absolute atomic E-state index is 4.19. The third-order valence-electron chi connectivity index (χ3n) is 1.96. The quantitative estimate of drug-likeness (QED) is 0.711. The summed E-state index contributed by atoms with van der Waals surface area (Å²) in [5.74, 6) is 0. The van der Waals surface area contributed by atoms with Gasteiger partial charge in [-0.05, 0) is 58.0 Å². The average Bonchev–Trinajstić information content (AvgIpc) is 2.81. The highest BCUT2D eigenvalue weighted by atomic mass is 127. The van der Waals surface area contributed by atoms with Gasteiger partial charge in [-0.1, -0.05) is 0 Å². The Hall–Kier alpha value is -0.120. The van der Waals surface area contributed by atoms with Crippen molar-refractivity contribution < 1.29 is 0 Å². The molecule has 3 rings (SSSR count). The van der Waals surface area contributed by atoms with Crippen LogP contribution in [0.4, 0.5) is 0 Å². The maximum Gasteiger partial charge on any atom is 0.0623 e. The molecule has 0 saturated heterocycles. The Bertz CT molecular complexity index is 405. The smallest absolute Gasteiger partial charge is 0.0623 e. The Morgan fingerprint density at radius 1 is 1.27 bits per heavy atom. The summed E-state index contributed by atoms with van der Waals surface area (Å²) in [6, 6.07) is 0.730. The van der Waals surface area contributed by atoms with E-state index in [0.29, 0.717) is 0 Å². The van der Waals surface area contributed by atoms with E-state index in [1.54, 1.807) is 6.20 Å². The van der Waals surface area contributed by atoms with E-state index in [1.165, 1.54) is 16.4 Å². The third kappa shape index (κ3) is 3.74. The zero-order chi connectivity index (χ0) is 10.7. The van der Waals surface area contributed by atoms with Crippen LogP contribution in [0.1, 0.15) is 18.9 Å². The first-order chi connectivity index (χ1) is 7.25. The molecule has 0 aromatic carbocycles. The van der Waals surface area contributed by atoms with Crippen molar-refractivity contribution in [2.45, 2.75) is 18.9 Å². The molecule has 1 saturated carbocycles. The second-order valence-electron chi connectivity index (χ2n) is 3.29. The molecule has 2 aromatic rings. The lowest BCUT2D eigenvalue weighted by Gasteiger charge is -1.91. The predicted octanol–water partition coefficient (Wildman–Crippen LogP) is 2.84. The van der Waals surface area contributed by atoms with Crippen molar-refractivity contribution >= 4 is 45.2 Å². The van der Waals surface area contributed by atoms with Gasteiger partial charge in [0.2, 0.25) is 0 Å². The Kier molecular flexibility index (Phi) is 4.00. The molecule has 80 valence electrons. The van der Waals surface area contributed by atoms with E-state index in [-0.39, 0.29) is 0 Å². The van der Waals surface area contributed by atoms with Crippen LogP contribution in [0.3, 0.4) is 0 Å². The molecule has 15 heavy (non-hydrogen) atoms. The molecule has 0 unspecified atom stereocenters. The molecule has 2 heterocycles. The summed E-state index contributed by atoms with van der Waals surface area (Å²) < 4.78 is 4.44. The van der Waals surface area contributed by atoms with Gasteiger partial charge in [0, 0.05) is 12.4 Å². The highest BCUT2D eigenvalue weighted by Crippen LogP contribution is 2.33. The van der Waals surface area contributed by atoms with Crippen LogP contribution in [0.2, 0.25) is 0 Å². The summed E-state index contributed by atoms with van der Waals surface area (Å²) in [5.41, 5.74) is 0. The number of aromatic amines is 1. The SMILES string of the molecule is Ic1cn[nH]c1.Ic1cnn(C2CC2)c1. The van der Waals surface area contributed by atoms with Crippen LogP contribution in [0.15, 0.2) is 24.8 Å². The fourth-order valence-electron chi connectivity index (χ4n) is 1.09. The number of aromatic nitrogens is 4. The monoisotopic (exact) mass is 428 g/mol. The number of nitrogens with one attached hydrogen (secondary N) is 1. The van der Waals surface area contributed by atoms with Gasteiger partial charge in [-0.25, -0.2) is 0 Å². The first-order valence-electron chi connectivity index (χ1n) is 4.59. The second-order valence-corrected chi connectivity index (χ2v) is 5.78. The Morgan fingerprint density at radius 3 is 2.40 bits per heavy atom. The van der Waals surface area contributed by atoms with Gasteiger partial charge in [0.1, 0.15) is 0 Å². The normalized spacial score (nSPS) is 14.5. The first kappa shape index (κ1) is 11.4. The first-order valence-corrected chi connectivity index (χ1v) is 6.75. The summed E-state index contributed by atoms with van der Waals surface area (Å²) >= 11 is 4.46. The molecule has 0 aliphatic heterocycles. The molecule has 0 spiro atoms. The lowest BCUT2D eigenvalue weighted by atomic mass is 10.7. The minimum atomic E-state index is 0.730. The zero-order valence-corrected chi connectivity index (χ0v) is 12.2. The van der Waals surface area contributed by atoms with Crippen LogP contribution in [-0.4, -0.2) is 20.0 Å². The van der Waals surface area contributed by atoms with E-state index < -0.39 is 0 Å². The van der Waals surface area contributed by atoms with Crippen LogP contribution < -0.4 is 0 Å². The van der Waals surface area contributed by atoms with Crippen molar-refractivity contribution in [1.82, 2.24) is 20.0 Å². The summed E-state index contributed by atoms with van der Waals surface area (Å²) in [6.07, 6.45) is 10.2. The number of hydrogen-bond donors (Lipinski definition) is 1. The number of hydrogen-bond acceptors (Lipinski definition) is 2. The van der Waals surface area contributed by atoms with Crippen molar-refractivity contribution in [2.24, 2.45) is 0 Å². The summed E-state index contributed by atoms with van der Waals surface area (Å²) in [4.78, 5) is 0. The molecule has 6 heteroatoms. The lowest BCUT2D eigenvalue weighted by molar-refractivity contribution is 0.641. The van der Waals surface area contributed by atoms with E-state index in [1.807, 2.05) is 12.4 Å². The van der Waals surface area contributed by atoms with Gasteiger partial charge in [0.25, 0.3) is 0 Å². The molecular formula is C9H10I2N4. The molecule has 1 aliphatic carbocycles. The van der Waals surface area contributed by atoms with Gasteiger partial charge in [0.05, 0.1) is 25.6 Å². The number of nitrogens with zero attached hydrogens (tertiary/aromatic N) is 3. The molecular weight excluding hydrogens is 418 g/mol. The number of rotatable bonds is 1. The lowest BCUT2D eigenvalue weighted by Crippen LogP contribution is -1.91. The number of H-pyrrole nitrogens is 1. The summed E-state index contributed by atoms with van der Waals surface area (Å²) in [6.45, 7) is 0. The van der Waals surface area contributed by atoms with Gasteiger partial charge >= 0.3 is 0 Å². The minimum Gasteiger partial charge on any atom is -0.285 e. The second kappa shape index (κ2) is 5.28. The van der Waals surface area contributed by atoms with E-state index in [9.17, 15) is 0 Å². The van der Waals surface area contributed by atoms with Gasteiger partial charge in [-0.3, -0.25) is 9.78 Å². The van der Waals surface area contributed by atoms with Crippen LogP contribution in [0.25, 0.3) is 0 Å². The fraction of sp³-hybridized carbons (Fsp3) is 0.333. The topological polar surface area (TPSA) is 46.5 Å². The zero-order valence-electron chi connectivity index (χ0n) is 7.90. The van der Waals surface area contributed by atoms with Crippen molar-refractivity contribution in [3.05, 3.63) is 31.9 Å². The van der Waals surface area contributed by atoms with E-state index in [2.05, 4.69) is 71.4 Å². The fourth-order valence-corrected chi connectivity index (χ4v) is 1.78. The standard InChI is InChI=1S/C6H7IN2.C3H3IN2/c7-5-3-8-9(4-5)6-1-2-6;4-3-1-5-6-2-3/h3-4,6H,1-2H2;1-2H,(H,5,6). The molecule has 1 fully saturated rings. The highest BCUT2D eigenvalue weighted by molar-refractivity contribution is 14.1. The summed E-state index contributed by atoms with van der Waals surface area (Å²) in [5, 5.41) is 10.5. The van der Waals surface area contributed by atoms with Crippen LogP contribution in [0, 0.1) is 7.14 Å². The molecule has 0 bridgehead atoms. The molecule has 0 atom stereocenters. The summed E-state index contributed by atoms with van der Waals surface area (Å²) in [7, 11) is 0. The van der Waals surface area contributed by atoms with Crippen molar-refractivity contribution in [2.75, 3.05) is 0 Å². The molecule has 0 radical (unpaired) electrons. The Balaban J connectivity index is 0.000000124. The molecule has 0 amide bonds. The molecule has 1 N–H and O–H groups in total. The van der Waals surface area contributed by atoms with Crippen molar-refractivity contribution in [3.63, 3.8) is 0 Å². The largest absolute Gasteiger partial charge is 0.285 e. The Labute approximate surface area is 115 Å². The van der Waals surface area contributed by atoms with Gasteiger partial charge in [0.15, 0.2) is 0 Å². The highest BCUT2D eigenvalue weighted by Gasteiger charge is 2.23. The molecule has 4 nitrogen and oxygen atoms in total. The van der Waals surface area contributed by atoms with E-state index >= 15 is 0 Å². The minimum absolute atomic E-state index is 0.730. The Morgan fingerprint density at radius 2 is 2.07 bits per heavy atom. The molecule has 1 aliphatic rings. The molecule has 2 aromatic heterocycles. The van der Waals surface area contributed by atoms with Gasteiger partial charge < -0.3 is 0 Å². The maximum atomic E-state index is 4.19.